The monoisotopic (exact) mass is 543 g/mol. The average Bonchev–Trinajstić information content (AvgIpc) is 3.48. The predicted molar refractivity (Wildman–Crippen MR) is 152 cm³/mol. The van der Waals surface area contributed by atoms with Gasteiger partial charge in [-0.25, -0.2) is 4.68 Å². The van der Waals surface area contributed by atoms with Crippen LogP contribution in [0.1, 0.15) is 79.0 Å². The molecule has 0 aliphatic carbocycles. The average molecular weight is 544 g/mol. The van der Waals surface area contributed by atoms with E-state index in [1.165, 1.54) is 0 Å². The van der Waals surface area contributed by atoms with Crippen LogP contribution in [0.25, 0.3) is 22.3 Å². The maximum absolute atomic E-state index is 9.39. The van der Waals surface area contributed by atoms with Gasteiger partial charge in [0.05, 0.1) is 23.9 Å². The number of rotatable bonds is 11. The zero-order valence-electron chi connectivity index (χ0n) is 24.1. The van der Waals surface area contributed by atoms with Crippen LogP contribution in [0.5, 0.6) is 5.75 Å². The lowest BCUT2D eigenvalue weighted by atomic mass is 10.1. The number of hydrogen-bond donors (Lipinski definition) is 1. The Bertz CT molecular complexity index is 1190. The van der Waals surface area contributed by atoms with Crippen molar-refractivity contribution in [1.29, 1.82) is 0 Å². The summed E-state index contributed by atoms with van der Waals surface area (Å²) in [6.45, 7) is 17.0. The SMILES string of the molecule is C[C@H](O)CCOCC[C@@H](C)n1ncc(-c2nn(C3CCCCO3)c3ccc(O[Si](C)(C)C(C)(C)C)cc23)n1. The molecule has 0 radical (unpaired) electrons. The van der Waals surface area contributed by atoms with E-state index in [9.17, 15) is 5.11 Å². The molecular formula is C28H45N5O4Si. The van der Waals surface area contributed by atoms with Crippen molar-refractivity contribution in [1.82, 2.24) is 24.8 Å². The van der Waals surface area contributed by atoms with Gasteiger partial charge < -0.3 is 19.0 Å². The van der Waals surface area contributed by atoms with Crippen LogP contribution in [0.2, 0.25) is 18.1 Å². The van der Waals surface area contributed by atoms with Crippen LogP contribution in [0.3, 0.4) is 0 Å². The fourth-order valence-corrected chi connectivity index (χ4v) is 5.30. The minimum atomic E-state index is -2.00. The van der Waals surface area contributed by atoms with Crippen molar-refractivity contribution in [2.45, 2.75) is 103 Å². The van der Waals surface area contributed by atoms with E-state index >= 15 is 0 Å². The van der Waals surface area contributed by atoms with Crippen LogP contribution < -0.4 is 4.43 Å². The van der Waals surface area contributed by atoms with Gasteiger partial charge >= 0.3 is 0 Å². The maximum atomic E-state index is 9.39. The van der Waals surface area contributed by atoms with Crippen LogP contribution in [-0.2, 0) is 9.47 Å². The highest BCUT2D eigenvalue weighted by atomic mass is 28.4. The zero-order chi connectivity index (χ0) is 27.5. The van der Waals surface area contributed by atoms with E-state index in [1.54, 1.807) is 17.9 Å². The molecule has 1 unspecified atom stereocenters. The standard InChI is InChI=1S/C28H45N5O4Si/c1-20(13-16-35-17-14-21(2)34)33-29-19-24(30-33)27-23-18-22(37-38(6,7)28(3,4)5)11-12-25(23)32(31-27)26-10-8-9-15-36-26/h11-12,18-21,26,34H,8-10,13-17H2,1-7H3/t20-,21+,26?/m1/s1. The van der Waals surface area contributed by atoms with E-state index in [2.05, 4.69) is 64.1 Å². The zero-order valence-corrected chi connectivity index (χ0v) is 25.1. The normalized spacial score (nSPS) is 18.6. The summed E-state index contributed by atoms with van der Waals surface area (Å²) in [7, 11) is -2.00. The van der Waals surface area contributed by atoms with Gasteiger partial charge in [0.25, 0.3) is 0 Å². The van der Waals surface area contributed by atoms with Crippen LogP contribution in [0.15, 0.2) is 24.4 Å². The number of benzene rings is 1. The molecule has 1 N–H and O–H groups in total. The minimum Gasteiger partial charge on any atom is -0.543 e. The summed E-state index contributed by atoms with van der Waals surface area (Å²) in [4.78, 5) is 1.74. The summed E-state index contributed by atoms with van der Waals surface area (Å²) >= 11 is 0. The molecule has 1 aliphatic rings. The number of nitrogens with zero attached hydrogens (tertiary/aromatic N) is 5. The number of hydrogen-bond acceptors (Lipinski definition) is 7. The summed E-state index contributed by atoms with van der Waals surface area (Å²) in [5.41, 5.74) is 2.54. The first-order chi connectivity index (χ1) is 18.0. The van der Waals surface area contributed by atoms with E-state index in [1.807, 2.05) is 4.68 Å². The first kappa shape index (κ1) is 28.7. The van der Waals surface area contributed by atoms with Crippen molar-refractivity contribution in [3.63, 3.8) is 0 Å². The molecule has 9 nitrogen and oxygen atoms in total. The van der Waals surface area contributed by atoms with Crippen molar-refractivity contribution in [2.24, 2.45) is 0 Å². The third-order valence-electron chi connectivity index (χ3n) is 7.79. The van der Waals surface area contributed by atoms with Crippen molar-refractivity contribution in [2.75, 3.05) is 19.8 Å². The summed E-state index contributed by atoms with van der Waals surface area (Å²) in [5.74, 6) is 0.865. The van der Waals surface area contributed by atoms with Gasteiger partial charge in [-0.15, -0.1) is 0 Å². The molecule has 3 aromatic rings. The largest absolute Gasteiger partial charge is 0.543 e. The Morgan fingerprint density at radius 2 is 1.89 bits per heavy atom. The van der Waals surface area contributed by atoms with Crippen molar-refractivity contribution in [3.8, 4) is 17.1 Å². The van der Waals surface area contributed by atoms with Gasteiger partial charge in [-0.2, -0.15) is 20.1 Å². The first-order valence-electron chi connectivity index (χ1n) is 14.0. The van der Waals surface area contributed by atoms with Crippen LogP contribution in [0, 0.1) is 0 Å². The molecule has 3 heterocycles. The molecule has 0 saturated carbocycles. The molecule has 10 heteroatoms. The molecule has 210 valence electrons. The van der Waals surface area contributed by atoms with Crippen LogP contribution in [0.4, 0.5) is 0 Å². The number of aliphatic hydroxyl groups excluding tert-OH is 1. The van der Waals surface area contributed by atoms with E-state index in [-0.39, 0.29) is 23.4 Å². The fraction of sp³-hybridized carbons (Fsp3) is 0.679. The molecule has 0 bridgehead atoms. The van der Waals surface area contributed by atoms with Crippen molar-refractivity contribution in [3.05, 3.63) is 24.4 Å². The van der Waals surface area contributed by atoms with Gasteiger partial charge in [-0.05, 0) is 82.3 Å². The maximum Gasteiger partial charge on any atom is 0.250 e. The lowest BCUT2D eigenvalue weighted by Gasteiger charge is -2.36. The Morgan fingerprint density at radius 3 is 2.58 bits per heavy atom. The Hall–Kier alpha value is -2.27. The third-order valence-corrected chi connectivity index (χ3v) is 12.1. The summed E-state index contributed by atoms with van der Waals surface area (Å²) in [5, 5.41) is 24.9. The highest BCUT2D eigenvalue weighted by Gasteiger charge is 2.39. The third kappa shape index (κ3) is 6.65. The van der Waals surface area contributed by atoms with Crippen LogP contribution >= 0.6 is 0 Å². The molecule has 1 fully saturated rings. The summed E-state index contributed by atoms with van der Waals surface area (Å²) in [6.07, 6.45) is 5.94. The number of aliphatic hydroxyl groups is 1. The van der Waals surface area contributed by atoms with E-state index in [0.29, 0.717) is 19.6 Å². The van der Waals surface area contributed by atoms with Gasteiger partial charge in [-0.3, -0.25) is 0 Å². The molecule has 0 amide bonds. The van der Waals surface area contributed by atoms with E-state index < -0.39 is 8.32 Å². The topological polar surface area (TPSA) is 96.5 Å². The second kappa shape index (κ2) is 11.9. The molecule has 1 saturated heterocycles. The predicted octanol–water partition coefficient (Wildman–Crippen LogP) is 6.12. The lowest BCUT2D eigenvalue weighted by Crippen LogP contribution is -2.43. The summed E-state index contributed by atoms with van der Waals surface area (Å²) < 4.78 is 20.4. The van der Waals surface area contributed by atoms with Gasteiger partial charge in [0.15, 0.2) is 6.23 Å². The number of fused-ring (bicyclic) bond motifs is 1. The van der Waals surface area contributed by atoms with Crippen molar-refractivity contribution >= 4 is 19.2 Å². The van der Waals surface area contributed by atoms with Crippen LogP contribution in [-0.4, -0.2) is 64.1 Å². The van der Waals surface area contributed by atoms with Gasteiger partial charge in [-0.1, -0.05) is 20.8 Å². The highest BCUT2D eigenvalue weighted by Crippen LogP contribution is 2.39. The highest BCUT2D eigenvalue weighted by molar-refractivity contribution is 6.74. The molecule has 2 aromatic heterocycles. The minimum absolute atomic E-state index is 0.0720. The smallest absolute Gasteiger partial charge is 0.250 e. The Morgan fingerprint density at radius 1 is 1.13 bits per heavy atom. The number of aromatic nitrogens is 5. The molecule has 4 rings (SSSR count). The Labute approximate surface area is 227 Å². The van der Waals surface area contributed by atoms with Gasteiger partial charge in [0.2, 0.25) is 8.32 Å². The molecular weight excluding hydrogens is 498 g/mol. The molecule has 3 atom stereocenters. The van der Waals surface area contributed by atoms with Gasteiger partial charge in [0.1, 0.15) is 17.1 Å². The lowest BCUT2D eigenvalue weighted by molar-refractivity contribution is -0.0365. The second-order valence-electron chi connectivity index (χ2n) is 12.1. The molecule has 1 aliphatic heterocycles. The first-order valence-corrected chi connectivity index (χ1v) is 16.9. The van der Waals surface area contributed by atoms with E-state index in [4.69, 9.17) is 24.1 Å². The van der Waals surface area contributed by atoms with E-state index in [0.717, 1.165) is 60.3 Å². The molecule has 1 aromatic carbocycles. The Balaban J connectivity index is 1.61. The second-order valence-corrected chi connectivity index (χ2v) is 16.8. The van der Waals surface area contributed by atoms with Crippen molar-refractivity contribution < 1.29 is 19.0 Å². The quantitative estimate of drug-likeness (QED) is 0.230. The molecule has 0 spiro atoms. The number of ether oxygens (including phenoxy) is 2. The molecule has 38 heavy (non-hydrogen) atoms. The fourth-order valence-electron chi connectivity index (χ4n) is 4.28. The summed E-state index contributed by atoms with van der Waals surface area (Å²) in [6, 6.07) is 6.34. The van der Waals surface area contributed by atoms with Gasteiger partial charge in [0, 0.05) is 25.2 Å². The Kier molecular flexibility index (Phi) is 8.96.